The van der Waals surface area contributed by atoms with Crippen molar-refractivity contribution in [1.82, 2.24) is 0 Å². The Morgan fingerprint density at radius 2 is 1.86 bits per heavy atom. The maximum Gasteiger partial charge on any atom is 0.306 e. The van der Waals surface area contributed by atoms with E-state index in [0.29, 0.717) is 23.7 Å². The molecule has 0 radical (unpaired) electrons. The first-order chi connectivity index (χ1) is 10.4. The number of hydrogen-bond donors (Lipinski definition) is 1. The van der Waals surface area contributed by atoms with E-state index in [9.17, 15) is 9.90 Å². The van der Waals surface area contributed by atoms with Gasteiger partial charge < -0.3 is 9.84 Å². The normalized spacial score (nSPS) is 54.7. The van der Waals surface area contributed by atoms with Crippen LogP contribution < -0.4 is 0 Å². The molecule has 3 aliphatic carbocycles. The van der Waals surface area contributed by atoms with E-state index in [2.05, 4.69) is 13.8 Å². The molecule has 22 heavy (non-hydrogen) atoms. The van der Waals surface area contributed by atoms with Gasteiger partial charge in [-0.3, -0.25) is 4.79 Å². The van der Waals surface area contributed by atoms with Crippen LogP contribution in [0.2, 0.25) is 0 Å². The van der Waals surface area contributed by atoms with Crippen LogP contribution in [0.25, 0.3) is 0 Å². The van der Waals surface area contributed by atoms with Crippen molar-refractivity contribution in [1.29, 1.82) is 0 Å². The fourth-order valence-electron chi connectivity index (χ4n) is 6.75. The fourth-order valence-corrected chi connectivity index (χ4v) is 6.75. The summed E-state index contributed by atoms with van der Waals surface area (Å²) in [7, 11) is 0. The summed E-state index contributed by atoms with van der Waals surface area (Å²) in [6.07, 6.45) is 9.52. The Labute approximate surface area is 133 Å². The Balaban J connectivity index is 1.61. The molecule has 1 heterocycles. The molecular formula is C19H30O3. The van der Waals surface area contributed by atoms with Crippen LogP contribution in [-0.4, -0.2) is 22.8 Å². The van der Waals surface area contributed by atoms with Crippen LogP contribution in [0.5, 0.6) is 0 Å². The molecule has 0 aromatic heterocycles. The van der Waals surface area contributed by atoms with Gasteiger partial charge in [0.05, 0.1) is 6.10 Å². The number of esters is 1. The van der Waals surface area contributed by atoms with Crippen molar-refractivity contribution in [3.8, 4) is 0 Å². The third-order valence-electron chi connectivity index (χ3n) is 7.98. The van der Waals surface area contributed by atoms with Crippen molar-refractivity contribution in [2.75, 3.05) is 0 Å². The Kier molecular flexibility index (Phi) is 3.38. The largest absolute Gasteiger partial charge is 0.459 e. The molecule has 0 aromatic carbocycles. The Morgan fingerprint density at radius 1 is 1.05 bits per heavy atom. The van der Waals surface area contributed by atoms with Crippen LogP contribution >= 0.6 is 0 Å². The van der Waals surface area contributed by atoms with Gasteiger partial charge in [0.2, 0.25) is 0 Å². The van der Waals surface area contributed by atoms with E-state index in [1.165, 1.54) is 25.7 Å². The average Bonchev–Trinajstić information content (AvgIpc) is 2.46. The topological polar surface area (TPSA) is 46.5 Å². The van der Waals surface area contributed by atoms with Crippen molar-refractivity contribution in [3.63, 3.8) is 0 Å². The number of ether oxygens (including phenoxy) is 1. The molecule has 4 aliphatic rings. The lowest BCUT2D eigenvalue weighted by Crippen LogP contribution is -2.58. The number of carbonyl (C=O) groups excluding carboxylic acids is 1. The molecule has 1 N–H and O–H groups in total. The molecule has 0 bridgehead atoms. The van der Waals surface area contributed by atoms with Crippen molar-refractivity contribution in [3.05, 3.63) is 0 Å². The van der Waals surface area contributed by atoms with Crippen molar-refractivity contribution >= 4 is 5.97 Å². The summed E-state index contributed by atoms with van der Waals surface area (Å²) in [5.41, 5.74) is 0.207. The zero-order valence-electron chi connectivity index (χ0n) is 14.0. The number of hydrogen-bond acceptors (Lipinski definition) is 3. The van der Waals surface area contributed by atoms with E-state index >= 15 is 0 Å². The summed E-state index contributed by atoms with van der Waals surface area (Å²) < 4.78 is 5.83. The minimum absolute atomic E-state index is 0.0119. The molecule has 0 amide bonds. The van der Waals surface area contributed by atoms with Crippen LogP contribution in [-0.2, 0) is 9.53 Å². The van der Waals surface area contributed by atoms with Gasteiger partial charge in [-0.1, -0.05) is 6.92 Å². The van der Waals surface area contributed by atoms with Crippen LogP contribution in [0.15, 0.2) is 0 Å². The van der Waals surface area contributed by atoms with Crippen molar-refractivity contribution in [2.24, 2.45) is 29.1 Å². The van der Waals surface area contributed by atoms with Crippen LogP contribution in [0.4, 0.5) is 0 Å². The predicted octanol–water partition coefficient (Wildman–Crippen LogP) is 3.69. The van der Waals surface area contributed by atoms with Gasteiger partial charge in [0.25, 0.3) is 0 Å². The maximum atomic E-state index is 11.8. The SMILES string of the molecule is C[C@]12CC[C@@H](O)C[C@@H]1CC[C@H]1[C@H]3CCC(=O)O[C@]3(C)CC[C@@H]12. The smallest absolute Gasteiger partial charge is 0.306 e. The summed E-state index contributed by atoms with van der Waals surface area (Å²) >= 11 is 0. The van der Waals surface area contributed by atoms with E-state index in [-0.39, 0.29) is 17.7 Å². The van der Waals surface area contributed by atoms with Crippen LogP contribution in [0, 0.1) is 29.1 Å². The van der Waals surface area contributed by atoms with E-state index in [1.54, 1.807) is 0 Å². The van der Waals surface area contributed by atoms with Gasteiger partial charge in [-0.05, 0) is 81.5 Å². The summed E-state index contributed by atoms with van der Waals surface area (Å²) in [6, 6.07) is 0. The molecule has 1 aliphatic heterocycles. The second kappa shape index (κ2) is 4.96. The van der Waals surface area contributed by atoms with E-state index in [4.69, 9.17) is 4.74 Å². The number of carbonyl (C=O) groups is 1. The molecule has 124 valence electrons. The van der Waals surface area contributed by atoms with E-state index in [0.717, 1.165) is 37.5 Å². The highest BCUT2D eigenvalue weighted by atomic mass is 16.6. The molecule has 3 nitrogen and oxygen atoms in total. The zero-order valence-corrected chi connectivity index (χ0v) is 14.0. The number of fused-ring (bicyclic) bond motifs is 5. The Bertz CT molecular complexity index is 475. The third-order valence-corrected chi connectivity index (χ3v) is 7.98. The lowest BCUT2D eigenvalue weighted by molar-refractivity contribution is -0.204. The lowest BCUT2D eigenvalue weighted by Gasteiger charge is -2.61. The number of rotatable bonds is 0. The minimum atomic E-state index is -0.201. The van der Waals surface area contributed by atoms with Gasteiger partial charge in [-0.15, -0.1) is 0 Å². The summed E-state index contributed by atoms with van der Waals surface area (Å²) in [6.45, 7) is 4.68. The maximum absolute atomic E-state index is 11.8. The number of aliphatic hydroxyl groups is 1. The summed E-state index contributed by atoms with van der Waals surface area (Å²) in [4.78, 5) is 11.8. The van der Waals surface area contributed by atoms with Gasteiger partial charge in [-0.2, -0.15) is 0 Å². The molecule has 7 atom stereocenters. The van der Waals surface area contributed by atoms with Gasteiger partial charge in [0, 0.05) is 12.3 Å². The molecule has 1 saturated heterocycles. The summed E-state index contributed by atoms with van der Waals surface area (Å²) in [5.74, 6) is 2.77. The molecule has 4 fully saturated rings. The van der Waals surface area contributed by atoms with Gasteiger partial charge in [-0.25, -0.2) is 0 Å². The van der Waals surface area contributed by atoms with E-state index < -0.39 is 0 Å². The first-order valence-electron chi connectivity index (χ1n) is 9.32. The molecule has 0 unspecified atom stereocenters. The lowest BCUT2D eigenvalue weighted by atomic mass is 9.46. The fraction of sp³-hybridized carbons (Fsp3) is 0.947. The average molecular weight is 306 g/mol. The first kappa shape index (κ1) is 15.0. The molecular weight excluding hydrogens is 276 g/mol. The highest BCUT2D eigenvalue weighted by molar-refractivity contribution is 5.70. The molecule has 4 rings (SSSR count). The van der Waals surface area contributed by atoms with Gasteiger partial charge in [0.1, 0.15) is 5.60 Å². The van der Waals surface area contributed by atoms with Crippen molar-refractivity contribution < 1.29 is 14.6 Å². The highest BCUT2D eigenvalue weighted by Gasteiger charge is 2.58. The second-order valence-corrected chi connectivity index (χ2v) is 8.95. The standard InChI is InChI=1S/C19H30O3/c1-18-9-7-13(20)11-12(18)3-4-14-15(18)8-10-19(2)16(14)5-6-17(21)22-19/h12-16,20H,3-11H2,1-2H3/t12-,13+,14+,15-,16+,18-,19+/m0/s1. The minimum Gasteiger partial charge on any atom is -0.459 e. The van der Waals surface area contributed by atoms with Gasteiger partial charge in [0.15, 0.2) is 0 Å². The van der Waals surface area contributed by atoms with E-state index in [1.807, 2.05) is 0 Å². The molecule has 3 heteroatoms. The monoisotopic (exact) mass is 306 g/mol. The molecule has 0 aromatic rings. The predicted molar refractivity (Wildman–Crippen MR) is 84.1 cm³/mol. The third kappa shape index (κ3) is 2.07. The zero-order chi connectivity index (χ0) is 15.5. The molecule has 0 spiro atoms. The number of aliphatic hydroxyl groups excluding tert-OH is 1. The first-order valence-corrected chi connectivity index (χ1v) is 9.32. The summed E-state index contributed by atoms with van der Waals surface area (Å²) in [5, 5.41) is 10.1. The highest BCUT2D eigenvalue weighted by Crippen LogP contribution is 2.63. The second-order valence-electron chi connectivity index (χ2n) is 8.95. The van der Waals surface area contributed by atoms with Gasteiger partial charge >= 0.3 is 5.97 Å². The van der Waals surface area contributed by atoms with Crippen molar-refractivity contribution in [2.45, 2.75) is 83.3 Å². The Hall–Kier alpha value is -0.570. The quantitative estimate of drug-likeness (QED) is 0.694. The van der Waals surface area contributed by atoms with Crippen LogP contribution in [0.3, 0.4) is 0 Å². The van der Waals surface area contributed by atoms with Crippen LogP contribution in [0.1, 0.15) is 71.6 Å². The Morgan fingerprint density at radius 3 is 2.68 bits per heavy atom. The molecule has 3 saturated carbocycles.